The zero-order chi connectivity index (χ0) is 16.4. The Morgan fingerprint density at radius 1 is 1.32 bits per heavy atom. The van der Waals surface area contributed by atoms with Crippen molar-refractivity contribution in [3.05, 3.63) is 38.2 Å². The van der Waals surface area contributed by atoms with Gasteiger partial charge in [0.25, 0.3) is 11.5 Å². The molecule has 138 valence electrons. The van der Waals surface area contributed by atoms with E-state index in [1.807, 2.05) is 0 Å². The number of aryl methyl sites for hydroxylation is 1. The number of nitrogens with zero attached hydrogens (tertiary/aromatic N) is 1. The van der Waals surface area contributed by atoms with Crippen molar-refractivity contribution in [3.63, 3.8) is 0 Å². The Hall–Kier alpha value is -1.90. The summed E-state index contributed by atoms with van der Waals surface area (Å²) in [6.45, 7) is 4.31. The fourth-order valence-electron chi connectivity index (χ4n) is 2.91. The molecule has 25 heavy (non-hydrogen) atoms. The number of rotatable bonds is 4. The van der Waals surface area contributed by atoms with E-state index in [9.17, 15) is 14.4 Å². The summed E-state index contributed by atoms with van der Waals surface area (Å²) < 4.78 is 0. The number of carbonyl (C=O) groups excluding carboxylic acids is 1. The van der Waals surface area contributed by atoms with Crippen LogP contribution >= 0.6 is 24.8 Å². The third-order valence-corrected chi connectivity index (χ3v) is 4.14. The van der Waals surface area contributed by atoms with Crippen molar-refractivity contribution in [3.8, 4) is 0 Å². The van der Waals surface area contributed by atoms with Crippen LogP contribution in [-0.4, -0.2) is 40.5 Å². The minimum atomic E-state index is -0.638. The standard InChI is InChI=1S/C15H19N5O3.2ClH/c1-8-6-10(13(21)17-5-3-9-2-4-16-7-9)18-12-11(8)14(22)20-15(23)19-12;;/h6,9,16H,2-5,7H2,1H3,(H,17,21)(H2,18,19,20,22,23);2*1H. The summed E-state index contributed by atoms with van der Waals surface area (Å²) in [5, 5.41) is 6.42. The normalized spacial score (nSPS) is 16.1. The molecule has 10 heteroatoms. The number of nitrogens with one attached hydrogen (secondary N) is 4. The second-order valence-corrected chi connectivity index (χ2v) is 5.86. The third-order valence-electron chi connectivity index (χ3n) is 4.14. The number of aromatic amines is 2. The first kappa shape index (κ1) is 21.1. The number of halogens is 2. The molecule has 0 aliphatic carbocycles. The Bertz CT molecular complexity index is 858. The van der Waals surface area contributed by atoms with Crippen LogP contribution in [0, 0.1) is 12.8 Å². The highest BCUT2D eigenvalue weighted by molar-refractivity contribution is 5.95. The largest absolute Gasteiger partial charge is 0.351 e. The minimum absolute atomic E-state index is 0. The monoisotopic (exact) mass is 389 g/mol. The average molecular weight is 390 g/mol. The topological polar surface area (TPSA) is 120 Å². The quantitative estimate of drug-likeness (QED) is 0.606. The lowest BCUT2D eigenvalue weighted by Gasteiger charge is -2.10. The van der Waals surface area contributed by atoms with Gasteiger partial charge < -0.3 is 10.6 Å². The van der Waals surface area contributed by atoms with Gasteiger partial charge in [-0.25, -0.2) is 9.78 Å². The van der Waals surface area contributed by atoms with Gasteiger partial charge in [-0.1, -0.05) is 0 Å². The Morgan fingerprint density at radius 2 is 2.08 bits per heavy atom. The van der Waals surface area contributed by atoms with Crippen LogP contribution in [0.4, 0.5) is 0 Å². The van der Waals surface area contributed by atoms with Crippen molar-refractivity contribution in [1.29, 1.82) is 0 Å². The zero-order valence-corrected chi connectivity index (χ0v) is 15.3. The van der Waals surface area contributed by atoms with E-state index in [4.69, 9.17) is 0 Å². The van der Waals surface area contributed by atoms with Crippen LogP contribution in [0.3, 0.4) is 0 Å². The Morgan fingerprint density at radius 3 is 2.76 bits per heavy atom. The molecule has 0 radical (unpaired) electrons. The third kappa shape index (κ3) is 4.81. The molecule has 2 aromatic heterocycles. The highest BCUT2D eigenvalue weighted by atomic mass is 35.5. The molecule has 1 fully saturated rings. The molecular weight excluding hydrogens is 369 g/mol. The zero-order valence-electron chi connectivity index (χ0n) is 13.7. The highest BCUT2D eigenvalue weighted by Gasteiger charge is 2.16. The molecule has 0 saturated carbocycles. The predicted molar refractivity (Wildman–Crippen MR) is 100 cm³/mol. The molecule has 3 heterocycles. The molecule has 1 atom stereocenters. The van der Waals surface area contributed by atoms with Gasteiger partial charge >= 0.3 is 5.69 Å². The summed E-state index contributed by atoms with van der Waals surface area (Å²) in [4.78, 5) is 44.1. The summed E-state index contributed by atoms with van der Waals surface area (Å²) in [5.41, 5.74) is -0.225. The van der Waals surface area contributed by atoms with E-state index in [0.717, 1.165) is 25.9 Å². The lowest BCUT2D eigenvalue weighted by atomic mass is 10.1. The summed E-state index contributed by atoms with van der Waals surface area (Å²) in [6, 6.07) is 1.56. The number of hydrogen-bond donors (Lipinski definition) is 4. The van der Waals surface area contributed by atoms with Gasteiger partial charge in [0.1, 0.15) is 11.3 Å². The van der Waals surface area contributed by atoms with Crippen LogP contribution in [-0.2, 0) is 0 Å². The minimum Gasteiger partial charge on any atom is -0.351 e. The average Bonchev–Trinajstić information content (AvgIpc) is 2.99. The molecule has 4 N–H and O–H groups in total. The number of amides is 1. The first-order valence-corrected chi connectivity index (χ1v) is 7.67. The van der Waals surface area contributed by atoms with Crippen LogP contribution in [0.2, 0.25) is 0 Å². The number of H-pyrrole nitrogens is 2. The van der Waals surface area contributed by atoms with Gasteiger partial charge in [-0.05, 0) is 50.4 Å². The van der Waals surface area contributed by atoms with Crippen molar-refractivity contribution in [1.82, 2.24) is 25.6 Å². The van der Waals surface area contributed by atoms with Crippen molar-refractivity contribution < 1.29 is 4.79 Å². The van der Waals surface area contributed by atoms with Crippen molar-refractivity contribution in [2.24, 2.45) is 5.92 Å². The second-order valence-electron chi connectivity index (χ2n) is 5.86. The molecule has 0 bridgehead atoms. The molecule has 1 aliphatic rings. The van der Waals surface area contributed by atoms with E-state index in [-0.39, 0.29) is 47.4 Å². The van der Waals surface area contributed by atoms with Crippen molar-refractivity contribution in [2.75, 3.05) is 19.6 Å². The van der Waals surface area contributed by atoms with Crippen LogP contribution in [0.15, 0.2) is 15.7 Å². The maximum Gasteiger partial charge on any atom is 0.327 e. The van der Waals surface area contributed by atoms with Gasteiger partial charge in [0.05, 0.1) is 5.39 Å². The fraction of sp³-hybridized carbons (Fsp3) is 0.467. The lowest BCUT2D eigenvalue weighted by Crippen LogP contribution is -2.28. The number of carbonyl (C=O) groups is 1. The number of aromatic nitrogens is 3. The van der Waals surface area contributed by atoms with Gasteiger partial charge in [0, 0.05) is 6.54 Å². The molecule has 3 rings (SSSR count). The van der Waals surface area contributed by atoms with Crippen LogP contribution in [0.25, 0.3) is 11.0 Å². The van der Waals surface area contributed by atoms with Crippen molar-refractivity contribution in [2.45, 2.75) is 19.8 Å². The Kier molecular flexibility index (Phi) is 7.60. The second kappa shape index (κ2) is 8.98. The van der Waals surface area contributed by atoms with Gasteiger partial charge in [-0.15, -0.1) is 24.8 Å². The maximum atomic E-state index is 12.2. The van der Waals surface area contributed by atoms with Crippen molar-refractivity contribution >= 4 is 41.8 Å². The van der Waals surface area contributed by atoms with Crippen LogP contribution in [0.5, 0.6) is 0 Å². The van der Waals surface area contributed by atoms with E-state index in [1.165, 1.54) is 0 Å². The number of fused-ring (bicyclic) bond motifs is 1. The molecule has 2 aromatic rings. The summed E-state index contributed by atoms with van der Waals surface area (Å²) in [6.07, 6.45) is 2.05. The Balaban J connectivity index is 0.00000156. The molecule has 1 unspecified atom stereocenters. The van der Waals surface area contributed by atoms with E-state index in [0.29, 0.717) is 18.0 Å². The van der Waals surface area contributed by atoms with Gasteiger partial charge in [0.2, 0.25) is 0 Å². The molecule has 1 aliphatic heterocycles. The van der Waals surface area contributed by atoms with Crippen LogP contribution in [0.1, 0.15) is 28.9 Å². The lowest BCUT2D eigenvalue weighted by molar-refractivity contribution is 0.0947. The smallest absolute Gasteiger partial charge is 0.327 e. The SMILES string of the molecule is Cc1cc(C(=O)NCCC2CCNC2)nc2[nH]c(=O)[nH]c(=O)c12.Cl.Cl. The summed E-state index contributed by atoms with van der Waals surface area (Å²) in [7, 11) is 0. The number of pyridine rings is 1. The van der Waals surface area contributed by atoms with Gasteiger partial charge in [-0.2, -0.15) is 0 Å². The molecule has 1 saturated heterocycles. The molecule has 0 aromatic carbocycles. The highest BCUT2D eigenvalue weighted by Crippen LogP contribution is 2.12. The summed E-state index contributed by atoms with van der Waals surface area (Å²) in [5.74, 6) is 0.290. The fourth-order valence-corrected chi connectivity index (χ4v) is 2.91. The predicted octanol–water partition coefficient (Wildman–Crippen LogP) is 0.493. The molecule has 1 amide bonds. The Labute approximate surface area is 156 Å². The van der Waals surface area contributed by atoms with Crippen LogP contribution < -0.4 is 21.9 Å². The molecule has 8 nitrogen and oxygen atoms in total. The van der Waals surface area contributed by atoms with E-state index < -0.39 is 11.2 Å². The van der Waals surface area contributed by atoms with Gasteiger partial charge in [-0.3, -0.25) is 19.6 Å². The first-order valence-electron chi connectivity index (χ1n) is 7.67. The van der Waals surface area contributed by atoms with E-state index in [2.05, 4.69) is 25.6 Å². The summed E-state index contributed by atoms with van der Waals surface area (Å²) >= 11 is 0. The maximum absolute atomic E-state index is 12.2. The van der Waals surface area contributed by atoms with E-state index in [1.54, 1.807) is 13.0 Å². The molecular formula is C15H21Cl2N5O3. The van der Waals surface area contributed by atoms with E-state index >= 15 is 0 Å². The molecule has 0 spiro atoms. The van der Waals surface area contributed by atoms with Gasteiger partial charge in [0.15, 0.2) is 0 Å². The number of hydrogen-bond acceptors (Lipinski definition) is 5. The first-order chi connectivity index (χ1) is 11.0.